The monoisotopic (exact) mass is 414 g/mol. The van der Waals surface area contributed by atoms with Gasteiger partial charge >= 0.3 is 0 Å². The molecule has 2 N–H and O–H groups in total. The molecule has 1 fully saturated rings. The first-order chi connectivity index (χ1) is 10.2. The molecule has 3 rings (SSSR count). The van der Waals surface area contributed by atoms with Crippen molar-refractivity contribution in [2.45, 2.75) is 31.6 Å². The van der Waals surface area contributed by atoms with Gasteiger partial charge in [-0.25, -0.2) is 0 Å². The van der Waals surface area contributed by atoms with Crippen LogP contribution in [0.1, 0.15) is 37.5 Å². The van der Waals surface area contributed by atoms with Gasteiger partial charge in [0.25, 0.3) is 0 Å². The minimum atomic E-state index is 0.277. The number of pyridine rings is 1. The lowest BCUT2D eigenvalue weighted by Gasteiger charge is -2.27. The van der Waals surface area contributed by atoms with E-state index in [1.807, 2.05) is 6.07 Å². The van der Waals surface area contributed by atoms with Crippen LogP contribution in [0.4, 0.5) is 0 Å². The Morgan fingerprint density at radius 3 is 2.86 bits per heavy atom. The topological polar surface area (TPSA) is 77.8 Å². The van der Waals surface area contributed by atoms with Gasteiger partial charge in [-0.1, -0.05) is 18.0 Å². The summed E-state index contributed by atoms with van der Waals surface area (Å²) in [6.45, 7) is 0.669. The van der Waals surface area contributed by atoms with E-state index in [9.17, 15) is 0 Å². The zero-order chi connectivity index (χ0) is 14.8. The fourth-order valence-corrected chi connectivity index (χ4v) is 4.04. The number of hydrogen-bond donors (Lipinski definition) is 1. The molecular weight excluding hydrogens is 400 g/mol. The lowest BCUT2D eigenvalue weighted by Crippen LogP contribution is -2.25. The average molecular weight is 416 g/mol. The Labute approximate surface area is 140 Å². The van der Waals surface area contributed by atoms with Crippen molar-refractivity contribution in [2.75, 3.05) is 6.54 Å². The van der Waals surface area contributed by atoms with Gasteiger partial charge in [-0.2, -0.15) is 4.98 Å². The van der Waals surface area contributed by atoms with Crippen molar-refractivity contribution >= 4 is 31.9 Å². The maximum absolute atomic E-state index is 5.87. The first-order valence-corrected chi connectivity index (χ1v) is 8.62. The van der Waals surface area contributed by atoms with Crippen LogP contribution < -0.4 is 5.73 Å². The number of rotatable bonds is 3. The van der Waals surface area contributed by atoms with Crippen molar-refractivity contribution in [3.8, 4) is 11.5 Å². The smallest absolute Gasteiger partial charge is 0.230 e. The van der Waals surface area contributed by atoms with Crippen LogP contribution >= 0.6 is 31.9 Å². The van der Waals surface area contributed by atoms with Crippen LogP contribution in [-0.2, 0) is 0 Å². The summed E-state index contributed by atoms with van der Waals surface area (Å²) in [5.41, 5.74) is 6.56. The summed E-state index contributed by atoms with van der Waals surface area (Å²) in [4.78, 5) is 8.89. The molecule has 0 saturated heterocycles. The van der Waals surface area contributed by atoms with Crippen LogP contribution in [0, 0.1) is 5.92 Å². The Bertz CT molecular complexity index is 631. The molecular formula is C14H16Br2N4O. The zero-order valence-corrected chi connectivity index (χ0v) is 14.6. The Morgan fingerprint density at radius 2 is 2.10 bits per heavy atom. The minimum absolute atomic E-state index is 0.277. The summed E-state index contributed by atoms with van der Waals surface area (Å²) in [7, 11) is 0. The summed E-state index contributed by atoms with van der Waals surface area (Å²) in [5.74, 6) is 1.93. The highest BCUT2D eigenvalue weighted by Crippen LogP contribution is 2.37. The molecule has 2 unspecified atom stereocenters. The van der Waals surface area contributed by atoms with Gasteiger partial charge in [-0.3, -0.25) is 4.98 Å². The first kappa shape index (κ1) is 15.1. The molecule has 5 nitrogen and oxygen atoms in total. The van der Waals surface area contributed by atoms with Gasteiger partial charge in [0.1, 0.15) is 5.69 Å². The van der Waals surface area contributed by atoms with E-state index in [1.165, 1.54) is 12.8 Å². The molecule has 1 aliphatic rings. The van der Waals surface area contributed by atoms with Crippen LogP contribution in [0.25, 0.3) is 11.5 Å². The molecule has 1 aliphatic carbocycles. The van der Waals surface area contributed by atoms with E-state index in [4.69, 9.17) is 10.3 Å². The van der Waals surface area contributed by atoms with Gasteiger partial charge in [0.15, 0.2) is 0 Å². The molecule has 2 atom stereocenters. The number of halogens is 2. The molecule has 21 heavy (non-hydrogen) atoms. The minimum Gasteiger partial charge on any atom is -0.339 e. The maximum Gasteiger partial charge on any atom is 0.230 e. The van der Waals surface area contributed by atoms with E-state index >= 15 is 0 Å². The summed E-state index contributed by atoms with van der Waals surface area (Å²) in [6.07, 6.45) is 6.36. The Hall–Kier alpha value is -0.790. The summed E-state index contributed by atoms with van der Waals surface area (Å²) < 4.78 is 7.22. The van der Waals surface area contributed by atoms with Gasteiger partial charge < -0.3 is 10.3 Å². The van der Waals surface area contributed by atoms with Crippen molar-refractivity contribution in [3.05, 3.63) is 27.1 Å². The molecule has 2 aromatic heterocycles. The Balaban J connectivity index is 1.89. The number of aromatic nitrogens is 3. The highest BCUT2D eigenvalue weighted by Gasteiger charge is 2.30. The largest absolute Gasteiger partial charge is 0.339 e. The van der Waals surface area contributed by atoms with Crippen molar-refractivity contribution in [1.29, 1.82) is 0 Å². The van der Waals surface area contributed by atoms with E-state index < -0.39 is 0 Å². The molecule has 0 aromatic carbocycles. The summed E-state index contributed by atoms with van der Waals surface area (Å²) in [5, 5.41) is 4.09. The molecule has 0 bridgehead atoms. The fourth-order valence-electron chi connectivity index (χ4n) is 2.88. The quantitative estimate of drug-likeness (QED) is 0.822. The predicted octanol–water partition coefficient (Wildman–Crippen LogP) is 3.89. The maximum atomic E-state index is 5.87. The highest BCUT2D eigenvalue weighted by molar-refractivity contribution is 9.11. The van der Waals surface area contributed by atoms with Crippen molar-refractivity contribution < 1.29 is 4.52 Å². The van der Waals surface area contributed by atoms with Crippen molar-refractivity contribution in [2.24, 2.45) is 11.7 Å². The molecule has 0 spiro atoms. The number of hydrogen-bond acceptors (Lipinski definition) is 5. The lowest BCUT2D eigenvalue weighted by molar-refractivity contribution is 0.249. The fraction of sp³-hybridized carbons (Fsp3) is 0.500. The van der Waals surface area contributed by atoms with Crippen molar-refractivity contribution in [3.63, 3.8) is 0 Å². The molecule has 0 radical (unpaired) electrons. The molecule has 7 heteroatoms. The number of nitrogens with zero attached hydrogens (tertiary/aromatic N) is 3. The van der Waals surface area contributed by atoms with Crippen LogP contribution in [0.2, 0.25) is 0 Å². The molecule has 2 aromatic rings. The third-order valence-electron chi connectivity index (χ3n) is 3.99. The van der Waals surface area contributed by atoms with Gasteiger partial charge in [-0.15, -0.1) is 0 Å². The van der Waals surface area contributed by atoms with Gasteiger partial charge in [-0.05, 0) is 63.2 Å². The Morgan fingerprint density at radius 1 is 1.29 bits per heavy atom. The van der Waals surface area contributed by atoms with Crippen molar-refractivity contribution in [1.82, 2.24) is 15.1 Å². The second kappa shape index (κ2) is 6.54. The first-order valence-electron chi connectivity index (χ1n) is 7.04. The van der Waals surface area contributed by atoms with Crippen LogP contribution in [0.5, 0.6) is 0 Å². The van der Waals surface area contributed by atoms with E-state index in [0.717, 1.165) is 21.8 Å². The van der Waals surface area contributed by atoms with Crippen LogP contribution in [0.15, 0.2) is 25.7 Å². The van der Waals surface area contributed by atoms with E-state index in [2.05, 4.69) is 47.0 Å². The third-order valence-corrected chi connectivity index (χ3v) is 5.03. The average Bonchev–Trinajstić information content (AvgIpc) is 2.96. The van der Waals surface area contributed by atoms with E-state index in [-0.39, 0.29) is 5.92 Å². The van der Waals surface area contributed by atoms with Gasteiger partial charge in [0, 0.05) is 21.1 Å². The van der Waals surface area contributed by atoms with Gasteiger partial charge in [0.2, 0.25) is 11.7 Å². The standard InChI is InChI=1S/C14H16Br2N4O/c15-9-5-11(16)12(18-7-9)13-19-14(21-20-13)10-4-2-1-3-8(10)6-17/h5,7-8,10H,1-4,6,17H2. The third kappa shape index (κ3) is 3.19. The van der Waals surface area contributed by atoms with E-state index in [1.54, 1.807) is 6.20 Å². The number of nitrogens with two attached hydrogens (primary N) is 1. The van der Waals surface area contributed by atoms with Crippen LogP contribution in [-0.4, -0.2) is 21.7 Å². The zero-order valence-electron chi connectivity index (χ0n) is 11.4. The second-order valence-electron chi connectivity index (χ2n) is 5.33. The predicted molar refractivity (Wildman–Crippen MR) is 86.7 cm³/mol. The molecule has 0 aliphatic heterocycles. The molecule has 2 heterocycles. The SMILES string of the molecule is NCC1CCCCC1c1nc(-c2ncc(Br)cc2Br)no1. The summed E-state index contributed by atoms with van der Waals surface area (Å²) in [6, 6.07) is 1.92. The van der Waals surface area contributed by atoms with Crippen LogP contribution in [0.3, 0.4) is 0 Å². The lowest BCUT2D eigenvalue weighted by atomic mass is 9.79. The molecule has 112 valence electrons. The highest BCUT2D eigenvalue weighted by atomic mass is 79.9. The molecule has 1 saturated carbocycles. The molecule has 0 amide bonds. The summed E-state index contributed by atoms with van der Waals surface area (Å²) >= 11 is 6.86. The normalized spacial score (nSPS) is 22.4. The Kier molecular flexibility index (Phi) is 4.71. The second-order valence-corrected chi connectivity index (χ2v) is 7.10. The van der Waals surface area contributed by atoms with Gasteiger partial charge in [0.05, 0.1) is 0 Å². The van der Waals surface area contributed by atoms with E-state index in [0.29, 0.717) is 29.9 Å².